The van der Waals surface area contributed by atoms with E-state index in [1.54, 1.807) is 24.3 Å². The standard InChI is InChI=1S/C18H22FNO3/c1-18(12-3-2-6-15(18)17(22)23)20-16(21)7-4-5-13-8-10-14(19)11-9-13/h4-5,8-11,15H,2-3,6-7,12H2,1H3,(H,20,21)(H,22,23)/b5-4+. The lowest BCUT2D eigenvalue weighted by Gasteiger charge is -2.39. The molecule has 1 saturated carbocycles. The second kappa shape index (κ2) is 7.40. The van der Waals surface area contributed by atoms with Gasteiger partial charge in [0.05, 0.1) is 11.5 Å². The van der Waals surface area contributed by atoms with E-state index in [2.05, 4.69) is 5.32 Å². The molecule has 0 radical (unpaired) electrons. The zero-order valence-electron chi connectivity index (χ0n) is 13.2. The van der Waals surface area contributed by atoms with Crippen LogP contribution in [0.5, 0.6) is 0 Å². The molecule has 5 heteroatoms. The predicted molar refractivity (Wildman–Crippen MR) is 86.2 cm³/mol. The van der Waals surface area contributed by atoms with Crippen molar-refractivity contribution in [3.05, 3.63) is 41.7 Å². The van der Waals surface area contributed by atoms with E-state index in [1.165, 1.54) is 12.1 Å². The molecule has 124 valence electrons. The molecule has 23 heavy (non-hydrogen) atoms. The number of hydrogen-bond acceptors (Lipinski definition) is 2. The quantitative estimate of drug-likeness (QED) is 0.874. The highest BCUT2D eigenvalue weighted by atomic mass is 19.1. The molecule has 1 aliphatic carbocycles. The molecule has 0 heterocycles. The van der Waals surface area contributed by atoms with Crippen molar-refractivity contribution in [2.45, 2.75) is 44.6 Å². The lowest BCUT2D eigenvalue weighted by molar-refractivity contribution is -0.146. The summed E-state index contributed by atoms with van der Waals surface area (Å²) in [5.41, 5.74) is 0.122. The van der Waals surface area contributed by atoms with Gasteiger partial charge in [-0.2, -0.15) is 0 Å². The minimum Gasteiger partial charge on any atom is -0.481 e. The molecule has 1 fully saturated rings. The third kappa shape index (κ3) is 4.65. The van der Waals surface area contributed by atoms with Crippen LogP contribution < -0.4 is 5.32 Å². The molecule has 2 N–H and O–H groups in total. The summed E-state index contributed by atoms with van der Waals surface area (Å²) in [5.74, 6) is -1.89. The zero-order chi connectivity index (χ0) is 16.9. The summed E-state index contributed by atoms with van der Waals surface area (Å²) in [7, 11) is 0. The number of carbonyl (C=O) groups is 2. The second-order valence-corrected chi connectivity index (χ2v) is 6.26. The number of amides is 1. The Morgan fingerprint density at radius 1 is 1.35 bits per heavy atom. The van der Waals surface area contributed by atoms with Crippen LogP contribution in [0.3, 0.4) is 0 Å². The number of benzene rings is 1. The van der Waals surface area contributed by atoms with Crippen molar-refractivity contribution in [2.24, 2.45) is 5.92 Å². The average molecular weight is 319 g/mol. The molecule has 0 bridgehead atoms. The van der Waals surface area contributed by atoms with E-state index in [4.69, 9.17) is 0 Å². The van der Waals surface area contributed by atoms with Crippen LogP contribution in [0.1, 0.15) is 44.6 Å². The van der Waals surface area contributed by atoms with Crippen LogP contribution in [0.4, 0.5) is 4.39 Å². The van der Waals surface area contributed by atoms with E-state index in [-0.39, 0.29) is 18.1 Å². The van der Waals surface area contributed by atoms with Crippen LogP contribution in [-0.2, 0) is 9.59 Å². The Bertz CT molecular complexity index is 597. The van der Waals surface area contributed by atoms with E-state index in [0.717, 1.165) is 18.4 Å². The molecular formula is C18H22FNO3. The van der Waals surface area contributed by atoms with Crippen LogP contribution in [-0.4, -0.2) is 22.5 Å². The van der Waals surface area contributed by atoms with Crippen molar-refractivity contribution in [3.63, 3.8) is 0 Å². The Morgan fingerprint density at radius 2 is 2.04 bits per heavy atom. The number of halogens is 1. The van der Waals surface area contributed by atoms with Gasteiger partial charge in [-0.15, -0.1) is 0 Å². The molecule has 0 aliphatic heterocycles. The van der Waals surface area contributed by atoms with Crippen molar-refractivity contribution < 1.29 is 19.1 Å². The van der Waals surface area contributed by atoms with Gasteiger partial charge in [-0.3, -0.25) is 9.59 Å². The van der Waals surface area contributed by atoms with Crippen LogP contribution in [0.25, 0.3) is 6.08 Å². The molecule has 0 spiro atoms. The molecule has 4 nitrogen and oxygen atoms in total. The Kier molecular flexibility index (Phi) is 5.53. The average Bonchev–Trinajstić information content (AvgIpc) is 2.49. The molecule has 0 aromatic heterocycles. The third-order valence-electron chi connectivity index (χ3n) is 4.41. The molecule has 1 aromatic carbocycles. The highest BCUT2D eigenvalue weighted by Crippen LogP contribution is 2.33. The highest BCUT2D eigenvalue weighted by Gasteiger charge is 2.41. The predicted octanol–water partition coefficient (Wildman–Crippen LogP) is 3.38. The Hall–Kier alpha value is -2.17. The van der Waals surface area contributed by atoms with Gasteiger partial charge in [0.25, 0.3) is 0 Å². The number of carboxylic acid groups (broad SMARTS) is 1. The van der Waals surface area contributed by atoms with Crippen molar-refractivity contribution in [1.82, 2.24) is 5.32 Å². The van der Waals surface area contributed by atoms with Crippen LogP contribution in [0.2, 0.25) is 0 Å². The first-order valence-electron chi connectivity index (χ1n) is 7.87. The summed E-state index contributed by atoms with van der Waals surface area (Å²) >= 11 is 0. The van der Waals surface area contributed by atoms with Gasteiger partial charge in [-0.25, -0.2) is 4.39 Å². The normalized spacial score (nSPS) is 24.5. The summed E-state index contributed by atoms with van der Waals surface area (Å²) in [5, 5.41) is 12.2. The summed E-state index contributed by atoms with van der Waals surface area (Å²) in [6, 6.07) is 5.99. The van der Waals surface area contributed by atoms with Crippen LogP contribution in [0, 0.1) is 11.7 Å². The van der Waals surface area contributed by atoms with Gasteiger partial charge < -0.3 is 10.4 Å². The van der Waals surface area contributed by atoms with Crippen molar-refractivity contribution in [3.8, 4) is 0 Å². The molecule has 2 rings (SSSR count). The fourth-order valence-corrected chi connectivity index (χ4v) is 3.12. The fraction of sp³-hybridized carbons (Fsp3) is 0.444. The molecule has 2 atom stereocenters. The summed E-state index contributed by atoms with van der Waals surface area (Å²) in [6.45, 7) is 1.81. The first kappa shape index (κ1) is 17.2. The fourth-order valence-electron chi connectivity index (χ4n) is 3.12. The van der Waals surface area contributed by atoms with Crippen molar-refractivity contribution in [1.29, 1.82) is 0 Å². The number of carbonyl (C=O) groups excluding carboxylic acids is 1. The van der Waals surface area contributed by atoms with E-state index >= 15 is 0 Å². The first-order valence-corrected chi connectivity index (χ1v) is 7.87. The lowest BCUT2D eigenvalue weighted by atomic mass is 9.74. The van der Waals surface area contributed by atoms with E-state index in [1.807, 2.05) is 6.92 Å². The van der Waals surface area contributed by atoms with E-state index in [0.29, 0.717) is 12.8 Å². The summed E-state index contributed by atoms with van der Waals surface area (Å²) in [6.07, 6.45) is 6.69. The van der Waals surface area contributed by atoms with Crippen molar-refractivity contribution >= 4 is 18.0 Å². The van der Waals surface area contributed by atoms with Gasteiger partial charge >= 0.3 is 5.97 Å². The molecule has 2 unspecified atom stereocenters. The van der Waals surface area contributed by atoms with Gasteiger partial charge in [0, 0.05) is 6.42 Å². The van der Waals surface area contributed by atoms with E-state index in [9.17, 15) is 19.1 Å². The Morgan fingerprint density at radius 3 is 2.70 bits per heavy atom. The van der Waals surface area contributed by atoms with Crippen molar-refractivity contribution in [2.75, 3.05) is 0 Å². The molecule has 1 aromatic rings. The Balaban J connectivity index is 1.92. The van der Waals surface area contributed by atoms with Gasteiger partial charge in [0.1, 0.15) is 5.82 Å². The number of nitrogens with one attached hydrogen (secondary N) is 1. The first-order chi connectivity index (χ1) is 10.9. The number of hydrogen-bond donors (Lipinski definition) is 2. The largest absolute Gasteiger partial charge is 0.481 e. The maximum absolute atomic E-state index is 12.8. The minimum absolute atomic E-state index is 0.166. The number of carboxylic acids is 1. The molecule has 0 saturated heterocycles. The monoisotopic (exact) mass is 319 g/mol. The minimum atomic E-state index is -0.852. The van der Waals surface area contributed by atoms with E-state index < -0.39 is 17.4 Å². The van der Waals surface area contributed by atoms with Crippen LogP contribution >= 0.6 is 0 Å². The molecule has 1 amide bonds. The van der Waals surface area contributed by atoms with Gasteiger partial charge in [-0.05, 0) is 37.5 Å². The van der Waals surface area contributed by atoms with Crippen LogP contribution in [0.15, 0.2) is 30.3 Å². The maximum atomic E-state index is 12.8. The topological polar surface area (TPSA) is 66.4 Å². The summed E-state index contributed by atoms with van der Waals surface area (Å²) < 4.78 is 12.8. The lowest BCUT2D eigenvalue weighted by Crippen LogP contribution is -2.55. The highest BCUT2D eigenvalue weighted by molar-refractivity contribution is 5.81. The number of rotatable bonds is 5. The second-order valence-electron chi connectivity index (χ2n) is 6.26. The Labute approximate surface area is 135 Å². The molecular weight excluding hydrogens is 297 g/mol. The zero-order valence-corrected chi connectivity index (χ0v) is 13.2. The number of aliphatic carboxylic acids is 1. The molecule has 1 aliphatic rings. The third-order valence-corrected chi connectivity index (χ3v) is 4.41. The van der Waals surface area contributed by atoms with Gasteiger partial charge in [-0.1, -0.05) is 37.1 Å². The SMILES string of the molecule is CC1(NC(=O)C/C=C/c2ccc(F)cc2)CCCCC1C(=O)O. The van der Waals surface area contributed by atoms with Gasteiger partial charge in [0.15, 0.2) is 0 Å². The van der Waals surface area contributed by atoms with Gasteiger partial charge in [0.2, 0.25) is 5.91 Å². The maximum Gasteiger partial charge on any atom is 0.308 e. The summed E-state index contributed by atoms with van der Waals surface area (Å²) in [4.78, 5) is 23.5. The smallest absolute Gasteiger partial charge is 0.308 e.